The number of methoxy groups -OCH3 is 1. The second kappa shape index (κ2) is 11.5. The van der Waals surface area contributed by atoms with E-state index >= 15 is 0 Å². The quantitative estimate of drug-likeness (QED) is 0.195. The monoisotopic (exact) mass is 486 g/mol. The summed E-state index contributed by atoms with van der Waals surface area (Å²) in [6.07, 6.45) is -3.03. The molecule has 0 N–H and O–H groups in total. The van der Waals surface area contributed by atoms with Crippen LogP contribution in [0.15, 0.2) is 60.7 Å². The van der Waals surface area contributed by atoms with Gasteiger partial charge in [-0.25, -0.2) is 19.4 Å². The summed E-state index contributed by atoms with van der Waals surface area (Å²) in [6.45, 7) is 10.2. The van der Waals surface area contributed by atoms with Crippen molar-refractivity contribution in [2.24, 2.45) is 0 Å². The van der Waals surface area contributed by atoms with E-state index in [1.54, 1.807) is 102 Å². The summed E-state index contributed by atoms with van der Waals surface area (Å²) in [6, 6.07) is 16.8. The number of hydrogen-bond donors (Lipinski definition) is 0. The highest BCUT2D eigenvalue weighted by Crippen LogP contribution is 2.40. The second-order valence-electron chi connectivity index (χ2n) is 10.00. The van der Waals surface area contributed by atoms with Crippen molar-refractivity contribution in [1.82, 2.24) is 0 Å². The predicted octanol–water partition coefficient (Wildman–Crippen LogP) is 5.61. The van der Waals surface area contributed by atoms with E-state index in [-0.39, 0.29) is 0 Å². The van der Waals surface area contributed by atoms with E-state index in [1.807, 2.05) is 0 Å². The van der Waals surface area contributed by atoms with E-state index in [0.717, 1.165) is 7.11 Å². The molecule has 0 aliphatic carbocycles. The Kier molecular flexibility index (Phi) is 9.18. The summed E-state index contributed by atoms with van der Waals surface area (Å²) in [5.74, 6) is -1.40. The molecule has 0 aromatic heterocycles. The molecule has 2 rings (SSSR count). The van der Waals surface area contributed by atoms with Gasteiger partial charge in [0, 0.05) is 5.56 Å². The predicted molar refractivity (Wildman–Crippen MR) is 129 cm³/mol. The Bertz CT molecular complexity index is 989. The molecule has 2 aromatic carbocycles. The van der Waals surface area contributed by atoms with Crippen molar-refractivity contribution in [2.75, 3.05) is 7.11 Å². The molecule has 0 saturated carbocycles. The third-order valence-corrected chi connectivity index (χ3v) is 4.62. The Morgan fingerprint density at radius 3 is 1.80 bits per heavy atom. The zero-order valence-corrected chi connectivity index (χ0v) is 21.3. The van der Waals surface area contributed by atoms with Crippen molar-refractivity contribution in [3.8, 4) is 0 Å². The molecule has 190 valence electrons. The molecule has 0 aliphatic rings. The number of hydrogen-bond acceptors (Lipinski definition) is 8. The first-order chi connectivity index (χ1) is 16.3. The molecule has 0 amide bonds. The maximum atomic E-state index is 13.4. The summed E-state index contributed by atoms with van der Waals surface area (Å²) in [5.41, 5.74) is -3.21. The van der Waals surface area contributed by atoms with Crippen molar-refractivity contribution in [3.05, 3.63) is 71.8 Å². The molecule has 0 spiro atoms. The van der Waals surface area contributed by atoms with Crippen LogP contribution < -0.4 is 0 Å². The molecule has 2 unspecified atom stereocenters. The summed E-state index contributed by atoms with van der Waals surface area (Å²) in [7, 11) is 1.15. The topological polar surface area (TPSA) is 97.4 Å². The van der Waals surface area contributed by atoms with Crippen LogP contribution in [0.3, 0.4) is 0 Å². The van der Waals surface area contributed by atoms with E-state index in [1.165, 1.54) is 0 Å². The SMILES string of the molecule is COC(=O)C(CC(=O)c1ccccc1)(OOC(C)(C)C)C(OC(=O)OC(C)(C)C)c1ccccc1. The number of rotatable bonds is 9. The highest BCUT2D eigenvalue weighted by molar-refractivity contribution is 6.00. The molecule has 2 aromatic rings. The minimum Gasteiger partial charge on any atom is -0.467 e. The van der Waals surface area contributed by atoms with Gasteiger partial charge in [0.25, 0.3) is 0 Å². The lowest BCUT2D eigenvalue weighted by Crippen LogP contribution is -2.52. The van der Waals surface area contributed by atoms with Crippen molar-refractivity contribution in [3.63, 3.8) is 0 Å². The number of Topliss-reactive ketones (excluding diaryl/α,β-unsaturated/α-hetero) is 1. The maximum absolute atomic E-state index is 13.4. The minimum absolute atomic E-state index is 0.337. The first kappa shape index (κ1) is 28.0. The van der Waals surface area contributed by atoms with E-state index in [2.05, 4.69) is 0 Å². The molecule has 35 heavy (non-hydrogen) atoms. The van der Waals surface area contributed by atoms with E-state index in [4.69, 9.17) is 24.0 Å². The van der Waals surface area contributed by atoms with Gasteiger partial charge in [-0.05, 0) is 47.1 Å². The summed E-state index contributed by atoms with van der Waals surface area (Å²) in [5, 5.41) is 0. The Labute approximate surface area is 206 Å². The first-order valence-electron chi connectivity index (χ1n) is 11.3. The Balaban J connectivity index is 2.66. The van der Waals surface area contributed by atoms with Crippen molar-refractivity contribution in [2.45, 2.75) is 70.9 Å². The maximum Gasteiger partial charge on any atom is 0.509 e. The van der Waals surface area contributed by atoms with Crippen molar-refractivity contribution >= 4 is 17.9 Å². The van der Waals surface area contributed by atoms with Gasteiger partial charge in [0.1, 0.15) is 5.60 Å². The highest BCUT2D eigenvalue weighted by Gasteiger charge is 2.55. The van der Waals surface area contributed by atoms with Gasteiger partial charge >= 0.3 is 12.1 Å². The lowest BCUT2D eigenvalue weighted by Gasteiger charge is -2.37. The molecule has 0 aliphatic heterocycles. The molecular formula is C27H34O8. The lowest BCUT2D eigenvalue weighted by atomic mass is 9.84. The van der Waals surface area contributed by atoms with Crippen LogP contribution in [0.25, 0.3) is 0 Å². The van der Waals surface area contributed by atoms with Crippen LogP contribution in [-0.4, -0.2) is 41.8 Å². The van der Waals surface area contributed by atoms with Crippen molar-refractivity contribution in [1.29, 1.82) is 0 Å². The molecule has 0 bridgehead atoms. The molecule has 0 fully saturated rings. The molecule has 8 heteroatoms. The van der Waals surface area contributed by atoms with Crippen LogP contribution in [0.2, 0.25) is 0 Å². The lowest BCUT2D eigenvalue weighted by molar-refractivity contribution is -0.409. The second-order valence-corrected chi connectivity index (χ2v) is 10.00. The van der Waals surface area contributed by atoms with Crippen LogP contribution in [0.5, 0.6) is 0 Å². The molecule has 0 saturated heterocycles. The van der Waals surface area contributed by atoms with Gasteiger partial charge in [0.15, 0.2) is 11.9 Å². The van der Waals surface area contributed by atoms with Crippen molar-refractivity contribution < 1.29 is 38.4 Å². The van der Waals surface area contributed by atoms with Crippen LogP contribution in [0.1, 0.15) is 70.0 Å². The van der Waals surface area contributed by atoms with E-state index < -0.39 is 47.2 Å². The average molecular weight is 487 g/mol. The molecule has 8 nitrogen and oxygen atoms in total. The summed E-state index contributed by atoms with van der Waals surface area (Å²) < 4.78 is 16.1. The van der Waals surface area contributed by atoms with Gasteiger partial charge in [0.05, 0.1) is 19.1 Å². The highest BCUT2D eigenvalue weighted by atomic mass is 17.2. The summed E-state index contributed by atoms with van der Waals surface area (Å²) in [4.78, 5) is 50.8. The zero-order chi connectivity index (χ0) is 26.3. The summed E-state index contributed by atoms with van der Waals surface area (Å²) >= 11 is 0. The van der Waals surface area contributed by atoms with Crippen LogP contribution >= 0.6 is 0 Å². The smallest absolute Gasteiger partial charge is 0.467 e. The first-order valence-corrected chi connectivity index (χ1v) is 11.3. The Morgan fingerprint density at radius 1 is 0.771 bits per heavy atom. The van der Waals surface area contributed by atoms with Gasteiger partial charge in [-0.2, -0.15) is 0 Å². The fourth-order valence-corrected chi connectivity index (χ4v) is 3.15. The number of carbonyl (C=O) groups is 3. The molecular weight excluding hydrogens is 452 g/mol. The Morgan fingerprint density at radius 2 is 1.31 bits per heavy atom. The average Bonchev–Trinajstić information content (AvgIpc) is 2.79. The normalized spacial score (nSPS) is 14.4. The number of esters is 1. The third-order valence-electron chi connectivity index (χ3n) is 4.62. The Hall–Kier alpha value is -3.23. The van der Waals surface area contributed by atoms with E-state index in [0.29, 0.717) is 11.1 Å². The van der Waals surface area contributed by atoms with Gasteiger partial charge in [0.2, 0.25) is 5.60 Å². The number of ether oxygens (including phenoxy) is 3. The van der Waals surface area contributed by atoms with E-state index in [9.17, 15) is 14.4 Å². The van der Waals surface area contributed by atoms with Crippen LogP contribution in [-0.2, 0) is 28.8 Å². The molecule has 0 radical (unpaired) electrons. The van der Waals surface area contributed by atoms with Gasteiger partial charge in [-0.1, -0.05) is 60.7 Å². The van der Waals surface area contributed by atoms with Crippen LogP contribution in [0.4, 0.5) is 4.79 Å². The molecule has 2 atom stereocenters. The zero-order valence-electron chi connectivity index (χ0n) is 21.3. The fraction of sp³-hybridized carbons (Fsp3) is 0.444. The number of carbonyl (C=O) groups excluding carboxylic acids is 3. The molecule has 0 heterocycles. The van der Waals surface area contributed by atoms with Crippen LogP contribution in [0, 0.1) is 0 Å². The van der Waals surface area contributed by atoms with Gasteiger partial charge in [-0.3, -0.25) is 4.79 Å². The number of benzene rings is 2. The largest absolute Gasteiger partial charge is 0.509 e. The minimum atomic E-state index is -2.19. The fourth-order valence-electron chi connectivity index (χ4n) is 3.15. The standard InChI is InChI=1S/C27H34O8/c1-25(2,3)33-24(30)32-22(20-16-12-9-13-17-20)27(23(29)31-7,35-34-26(4,5)6)18-21(28)19-14-10-8-11-15-19/h8-17,22H,18H2,1-7H3. The number of ketones is 1. The third kappa shape index (κ3) is 8.19. The van der Waals surface area contributed by atoms with Gasteiger partial charge in [-0.15, -0.1) is 0 Å². The van der Waals surface area contributed by atoms with Gasteiger partial charge < -0.3 is 14.2 Å².